The van der Waals surface area contributed by atoms with Crippen LogP contribution in [0.25, 0.3) is 10.3 Å². The molecule has 2 nitrogen and oxygen atoms in total. The number of thiazole rings is 1. The summed E-state index contributed by atoms with van der Waals surface area (Å²) in [5.41, 5.74) is 1.13. The lowest BCUT2D eigenvalue weighted by molar-refractivity contribution is 0.978. The molecule has 0 aliphatic carbocycles. The van der Waals surface area contributed by atoms with Crippen LogP contribution in [0, 0.1) is 0 Å². The molecule has 0 saturated carbocycles. The Bertz CT molecular complexity index is 372. The molecule has 0 atom stereocenters. The molecule has 0 amide bonds. The van der Waals surface area contributed by atoms with Crippen molar-refractivity contribution in [2.75, 3.05) is 0 Å². The number of fused-ring (bicyclic) bond motifs is 1. The van der Waals surface area contributed by atoms with Crippen molar-refractivity contribution in [1.82, 2.24) is 9.55 Å². The Morgan fingerprint density at radius 2 is 2.45 bits per heavy atom. The van der Waals surface area contributed by atoms with E-state index in [2.05, 4.69) is 29.6 Å². The molecular weight excluding hydrogens is 156 g/mol. The summed E-state index contributed by atoms with van der Waals surface area (Å²) >= 11 is 1.78. The predicted octanol–water partition coefficient (Wildman–Crippen LogP) is 2.20. The van der Waals surface area contributed by atoms with Gasteiger partial charge in [0.15, 0.2) is 0 Å². The van der Waals surface area contributed by atoms with E-state index >= 15 is 0 Å². The van der Waals surface area contributed by atoms with Crippen LogP contribution in [0.5, 0.6) is 0 Å². The molecule has 0 fully saturated rings. The fourth-order valence-corrected chi connectivity index (χ4v) is 2.07. The van der Waals surface area contributed by atoms with E-state index in [1.54, 1.807) is 11.3 Å². The maximum atomic E-state index is 4.45. The molecule has 0 N–H and O–H groups in total. The molecule has 0 aromatic carbocycles. The maximum absolute atomic E-state index is 4.45. The minimum atomic E-state index is 1.04. The smallest absolute Gasteiger partial charge is 0.123 e. The first-order chi connectivity index (χ1) is 5.31. The molecule has 0 aliphatic heterocycles. The van der Waals surface area contributed by atoms with Crippen LogP contribution in [0.4, 0.5) is 0 Å². The van der Waals surface area contributed by atoms with Gasteiger partial charge in [0.05, 0.1) is 10.5 Å². The van der Waals surface area contributed by atoms with Crippen LogP contribution in [0.15, 0.2) is 12.3 Å². The summed E-state index contributed by atoms with van der Waals surface area (Å²) in [5, 5.41) is 1.23. The maximum Gasteiger partial charge on any atom is 0.123 e. The average molecular weight is 166 g/mol. The molecular formula is C8H10N2S. The van der Waals surface area contributed by atoms with Crippen molar-refractivity contribution in [1.29, 1.82) is 0 Å². The third-order valence-corrected chi connectivity index (χ3v) is 3.06. The lowest BCUT2D eigenvalue weighted by Crippen LogP contribution is -1.78. The van der Waals surface area contributed by atoms with E-state index in [1.165, 1.54) is 9.84 Å². The molecule has 0 radical (unpaired) electrons. The van der Waals surface area contributed by atoms with Crippen LogP contribution < -0.4 is 0 Å². The normalized spacial score (nSPS) is 11.1. The van der Waals surface area contributed by atoms with E-state index in [0.29, 0.717) is 0 Å². The van der Waals surface area contributed by atoms with Gasteiger partial charge in [-0.05, 0) is 12.5 Å². The quantitative estimate of drug-likeness (QED) is 0.635. The van der Waals surface area contributed by atoms with Gasteiger partial charge in [0, 0.05) is 13.2 Å². The zero-order chi connectivity index (χ0) is 7.84. The van der Waals surface area contributed by atoms with Crippen molar-refractivity contribution in [2.24, 2.45) is 7.05 Å². The summed E-state index contributed by atoms with van der Waals surface area (Å²) < 4.78 is 2.12. The van der Waals surface area contributed by atoms with Crippen LogP contribution in [0.3, 0.4) is 0 Å². The van der Waals surface area contributed by atoms with Crippen molar-refractivity contribution in [3.63, 3.8) is 0 Å². The Morgan fingerprint density at radius 1 is 1.64 bits per heavy atom. The van der Waals surface area contributed by atoms with Gasteiger partial charge < -0.3 is 4.57 Å². The molecule has 2 rings (SSSR count). The number of nitrogens with zero attached hydrogens (tertiary/aromatic N) is 2. The van der Waals surface area contributed by atoms with E-state index < -0.39 is 0 Å². The molecule has 0 bridgehead atoms. The summed E-state index contributed by atoms with van der Waals surface area (Å²) in [5.74, 6) is 0. The Balaban J connectivity index is 2.70. The second-order valence-corrected chi connectivity index (χ2v) is 3.64. The van der Waals surface area contributed by atoms with E-state index in [4.69, 9.17) is 0 Å². The minimum absolute atomic E-state index is 1.04. The second kappa shape index (κ2) is 2.34. The lowest BCUT2D eigenvalue weighted by atomic mass is 10.5. The highest BCUT2D eigenvalue weighted by atomic mass is 32.1. The fraction of sp³-hybridized carbons (Fsp3) is 0.375. The van der Waals surface area contributed by atoms with Gasteiger partial charge in [-0.15, -0.1) is 11.3 Å². The molecule has 0 unspecified atom stereocenters. The molecule has 2 heterocycles. The minimum Gasteiger partial charge on any atom is -0.341 e. The van der Waals surface area contributed by atoms with Gasteiger partial charge >= 0.3 is 0 Å². The molecule has 0 saturated heterocycles. The highest BCUT2D eigenvalue weighted by Gasteiger charge is 2.03. The van der Waals surface area contributed by atoms with Crippen LogP contribution >= 0.6 is 11.3 Å². The SMILES string of the molecule is CCc1nc2ccn(C)c2s1. The van der Waals surface area contributed by atoms with Gasteiger partial charge in [-0.3, -0.25) is 0 Å². The number of hydrogen-bond donors (Lipinski definition) is 0. The largest absolute Gasteiger partial charge is 0.341 e. The van der Waals surface area contributed by atoms with Gasteiger partial charge in [0.1, 0.15) is 4.83 Å². The molecule has 58 valence electrons. The van der Waals surface area contributed by atoms with Crippen molar-refractivity contribution in [3.05, 3.63) is 17.3 Å². The van der Waals surface area contributed by atoms with Gasteiger partial charge in [-0.2, -0.15) is 0 Å². The first-order valence-electron chi connectivity index (χ1n) is 3.72. The zero-order valence-electron chi connectivity index (χ0n) is 6.66. The molecule has 0 spiro atoms. The average Bonchev–Trinajstić information content (AvgIpc) is 2.53. The first kappa shape index (κ1) is 6.85. The van der Waals surface area contributed by atoms with Gasteiger partial charge in [0.25, 0.3) is 0 Å². The van der Waals surface area contributed by atoms with Crippen molar-refractivity contribution in [3.8, 4) is 0 Å². The van der Waals surface area contributed by atoms with Crippen molar-refractivity contribution in [2.45, 2.75) is 13.3 Å². The third kappa shape index (κ3) is 0.959. The monoisotopic (exact) mass is 166 g/mol. The molecule has 3 heteroatoms. The predicted molar refractivity (Wildman–Crippen MR) is 48.0 cm³/mol. The number of aromatic nitrogens is 2. The summed E-state index contributed by atoms with van der Waals surface area (Å²) in [6.07, 6.45) is 3.09. The fourth-order valence-electron chi connectivity index (χ4n) is 1.13. The van der Waals surface area contributed by atoms with E-state index in [-0.39, 0.29) is 0 Å². The molecule has 2 aromatic rings. The number of rotatable bonds is 1. The Hall–Kier alpha value is -0.830. The highest BCUT2D eigenvalue weighted by Crippen LogP contribution is 2.22. The zero-order valence-corrected chi connectivity index (χ0v) is 7.48. The number of aryl methyl sites for hydroxylation is 2. The van der Waals surface area contributed by atoms with Crippen molar-refractivity contribution >= 4 is 21.7 Å². The molecule has 0 aliphatic rings. The van der Waals surface area contributed by atoms with E-state index in [0.717, 1.165) is 11.9 Å². The summed E-state index contributed by atoms with van der Waals surface area (Å²) in [6.45, 7) is 2.14. The summed E-state index contributed by atoms with van der Waals surface area (Å²) in [4.78, 5) is 5.73. The van der Waals surface area contributed by atoms with E-state index in [1.807, 2.05) is 6.20 Å². The topological polar surface area (TPSA) is 17.8 Å². The van der Waals surface area contributed by atoms with Crippen LogP contribution in [0.2, 0.25) is 0 Å². The lowest BCUT2D eigenvalue weighted by Gasteiger charge is -1.86. The standard InChI is InChI=1S/C8H10N2S/c1-3-7-9-6-4-5-10(2)8(6)11-7/h4-5H,3H2,1-2H3. The first-order valence-corrected chi connectivity index (χ1v) is 4.53. The van der Waals surface area contributed by atoms with Gasteiger partial charge in [0.2, 0.25) is 0 Å². The second-order valence-electron chi connectivity index (χ2n) is 2.58. The highest BCUT2D eigenvalue weighted by molar-refractivity contribution is 7.18. The Kier molecular flexibility index (Phi) is 1.46. The van der Waals surface area contributed by atoms with Crippen LogP contribution in [-0.4, -0.2) is 9.55 Å². The van der Waals surface area contributed by atoms with Gasteiger partial charge in [-0.25, -0.2) is 4.98 Å². The van der Waals surface area contributed by atoms with Crippen LogP contribution in [-0.2, 0) is 13.5 Å². The van der Waals surface area contributed by atoms with Crippen LogP contribution in [0.1, 0.15) is 11.9 Å². The number of hydrogen-bond acceptors (Lipinski definition) is 2. The van der Waals surface area contributed by atoms with Gasteiger partial charge in [-0.1, -0.05) is 6.92 Å². The summed E-state index contributed by atoms with van der Waals surface area (Å²) in [7, 11) is 2.06. The van der Waals surface area contributed by atoms with Crippen molar-refractivity contribution < 1.29 is 0 Å². The van der Waals surface area contributed by atoms with E-state index in [9.17, 15) is 0 Å². The Labute approximate surface area is 69.5 Å². The Morgan fingerprint density at radius 3 is 3.09 bits per heavy atom. The summed E-state index contributed by atoms with van der Waals surface area (Å²) in [6, 6.07) is 2.06. The molecule has 11 heavy (non-hydrogen) atoms. The third-order valence-electron chi connectivity index (χ3n) is 1.76. The molecule has 2 aromatic heterocycles.